The van der Waals surface area contributed by atoms with Crippen molar-refractivity contribution in [2.24, 2.45) is 0 Å². The second kappa shape index (κ2) is 5.57. The summed E-state index contributed by atoms with van der Waals surface area (Å²) in [6.45, 7) is 13.7. The van der Waals surface area contributed by atoms with Gasteiger partial charge in [-0.1, -0.05) is 36.4 Å². The van der Waals surface area contributed by atoms with E-state index in [-0.39, 0.29) is 0 Å². The lowest BCUT2D eigenvalue weighted by atomic mass is 10.1. The summed E-state index contributed by atoms with van der Waals surface area (Å²) < 4.78 is 5.06. The lowest BCUT2D eigenvalue weighted by molar-refractivity contribution is 1.22. The van der Waals surface area contributed by atoms with Crippen LogP contribution < -0.4 is 9.13 Å². The molecule has 0 fully saturated rings. The van der Waals surface area contributed by atoms with Gasteiger partial charge in [0.15, 0.2) is 0 Å². The molecule has 0 aliphatic carbocycles. The predicted molar refractivity (Wildman–Crippen MR) is 103 cm³/mol. The molecule has 2 aromatic rings. The van der Waals surface area contributed by atoms with Gasteiger partial charge in [-0.05, 0) is 63.0 Å². The average Bonchev–Trinajstić information content (AvgIpc) is 2.75. The van der Waals surface area contributed by atoms with E-state index in [4.69, 9.17) is 0 Å². The van der Waals surface area contributed by atoms with Gasteiger partial charge in [-0.15, -0.1) is 0 Å². The summed E-state index contributed by atoms with van der Waals surface area (Å²) in [5.74, 6) is 0. The van der Waals surface area contributed by atoms with Crippen molar-refractivity contribution in [1.82, 2.24) is 0 Å². The van der Waals surface area contributed by atoms with Crippen molar-refractivity contribution in [3.63, 3.8) is 0 Å². The standard InChI is InChI=1S/C20H26N2Si/c1-15-9-7-10-16(2)19(15)21-13-14-22(23(21,5)6)20-17(3)11-8-12-18(20)4/h7-14H,1-6H3. The first-order valence-corrected chi connectivity index (χ1v) is 11.1. The molecule has 0 spiro atoms. The number of aryl methyl sites for hydroxylation is 4. The molecule has 0 saturated carbocycles. The van der Waals surface area contributed by atoms with Crippen LogP contribution in [-0.4, -0.2) is 8.40 Å². The van der Waals surface area contributed by atoms with Crippen LogP contribution in [0.15, 0.2) is 48.8 Å². The summed E-state index contributed by atoms with van der Waals surface area (Å²) in [6, 6.07) is 13.1. The molecule has 0 aromatic heterocycles. The van der Waals surface area contributed by atoms with Crippen molar-refractivity contribution in [2.75, 3.05) is 9.13 Å². The first-order chi connectivity index (χ1) is 10.8. The van der Waals surface area contributed by atoms with Gasteiger partial charge in [-0.25, -0.2) is 0 Å². The van der Waals surface area contributed by atoms with E-state index in [1.54, 1.807) is 0 Å². The van der Waals surface area contributed by atoms with Crippen LogP contribution in [0.5, 0.6) is 0 Å². The van der Waals surface area contributed by atoms with Crippen LogP contribution in [0.4, 0.5) is 11.4 Å². The highest BCUT2D eigenvalue weighted by Gasteiger charge is 2.41. The summed E-state index contributed by atoms with van der Waals surface area (Å²) in [5.41, 5.74) is 8.12. The molecule has 120 valence electrons. The van der Waals surface area contributed by atoms with Gasteiger partial charge in [0.05, 0.1) is 0 Å². The molecule has 23 heavy (non-hydrogen) atoms. The van der Waals surface area contributed by atoms with Crippen LogP contribution in [-0.2, 0) is 0 Å². The number of anilines is 2. The van der Waals surface area contributed by atoms with Crippen molar-refractivity contribution in [1.29, 1.82) is 0 Å². The lowest BCUT2D eigenvalue weighted by Crippen LogP contribution is -2.55. The van der Waals surface area contributed by atoms with Gasteiger partial charge in [0.1, 0.15) is 0 Å². The maximum absolute atomic E-state index is 2.53. The summed E-state index contributed by atoms with van der Waals surface area (Å²) in [6.07, 6.45) is 4.54. The highest BCUT2D eigenvalue weighted by atomic mass is 28.3. The third-order valence-electron chi connectivity index (χ3n) is 4.90. The molecule has 0 saturated heterocycles. The Hall–Kier alpha value is -2.00. The quantitative estimate of drug-likeness (QED) is 0.681. The normalized spacial score (nSPS) is 16.3. The molecule has 3 heteroatoms. The molecule has 2 aromatic carbocycles. The van der Waals surface area contributed by atoms with Crippen LogP contribution in [0.2, 0.25) is 13.1 Å². The van der Waals surface area contributed by atoms with E-state index in [1.807, 2.05) is 0 Å². The van der Waals surface area contributed by atoms with E-state index in [1.165, 1.54) is 33.6 Å². The summed E-state index contributed by atoms with van der Waals surface area (Å²) in [7, 11) is -1.85. The van der Waals surface area contributed by atoms with Crippen molar-refractivity contribution >= 4 is 19.8 Å². The Morgan fingerprint density at radius 2 is 0.913 bits per heavy atom. The van der Waals surface area contributed by atoms with Crippen molar-refractivity contribution in [3.8, 4) is 0 Å². The fourth-order valence-corrected chi connectivity index (χ4v) is 6.58. The van der Waals surface area contributed by atoms with Crippen molar-refractivity contribution in [2.45, 2.75) is 40.8 Å². The molecular weight excluding hydrogens is 296 g/mol. The van der Waals surface area contributed by atoms with E-state index in [2.05, 4.69) is 98.7 Å². The smallest absolute Gasteiger partial charge is 0.266 e. The molecule has 0 bridgehead atoms. The third kappa shape index (κ3) is 2.49. The summed E-state index contributed by atoms with van der Waals surface area (Å²) in [5, 5.41) is 0. The fourth-order valence-electron chi connectivity index (χ4n) is 3.68. The van der Waals surface area contributed by atoms with Gasteiger partial charge in [0.25, 0.3) is 8.40 Å². The van der Waals surface area contributed by atoms with Gasteiger partial charge in [-0.3, -0.25) is 0 Å². The molecule has 0 atom stereocenters. The minimum Gasteiger partial charge on any atom is -0.355 e. The number of hydrogen-bond acceptors (Lipinski definition) is 2. The van der Waals surface area contributed by atoms with E-state index in [0.717, 1.165) is 0 Å². The molecule has 0 unspecified atom stereocenters. The van der Waals surface area contributed by atoms with Crippen LogP contribution in [0.25, 0.3) is 0 Å². The SMILES string of the molecule is Cc1cccc(C)c1N1C=CN(c2c(C)cccc2C)[Si]1(C)C. The first-order valence-electron chi connectivity index (χ1n) is 8.23. The zero-order valence-corrected chi connectivity index (χ0v) is 16.0. The van der Waals surface area contributed by atoms with Gasteiger partial charge < -0.3 is 9.13 Å². The Labute approximate surface area is 141 Å². The maximum Gasteiger partial charge on any atom is 0.266 e. The van der Waals surface area contributed by atoms with E-state index in [0.29, 0.717) is 0 Å². The van der Waals surface area contributed by atoms with Crippen LogP contribution in [0.3, 0.4) is 0 Å². The molecule has 2 nitrogen and oxygen atoms in total. The lowest BCUT2D eigenvalue weighted by Gasteiger charge is -2.40. The van der Waals surface area contributed by atoms with Gasteiger partial charge in [-0.2, -0.15) is 0 Å². The summed E-state index contributed by atoms with van der Waals surface area (Å²) >= 11 is 0. The number of nitrogens with zero attached hydrogens (tertiary/aromatic N) is 2. The number of rotatable bonds is 2. The predicted octanol–water partition coefficient (Wildman–Crippen LogP) is 5.42. The first kappa shape index (κ1) is 15.9. The summed E-state index contributed by atoms with van der Waals surface area (Å²) in [4.78, 5) is 0. The van der Waals surface area contributed by atoms with Crippen molar-refractivity contribution < 1.29 is 0 Å². The van der Waals surface area contributed by atoms with Gasteiger partial charge in [0, 0.05) is 23.8 Å². The average molecular weight is 323 g/mol. The Bertz CT molecular complexity index is 673. The second-order valence-corrected chi connectivity index (χ2v) is 11.0. The molecular formula is C20H26N2Si. The van der Waals surface area contributed by atoms with Crippen molar-refractivity contribution in [3.05, 3.63) is 71.1 Å². The van der Waals surface area contributed by atoms with E-state index >= 15 is 0 Å². The zero-order valence-electron chi connectivity index (χ0n) is 15.0. The molecule has 3 rings (SSSR count). The third-order valence-corrected chi connectivity index (χ3v) is 8.01. The molecule has 1 aliphatic heterocycles. The van der Waals surface area contributed by atoms with Gasteiger partial charge >= 0.3 is 0 Å². The van der Waals surface area contributed by atoms with Crippen LogP contribution >= 0.6 is 0 Å². The number of hydrogen-bond donors (Lipinski definition) is 0. The Balaban J connectivity index is 2.09. The van der Waals surface area contributed by atoms with Gasteiger partial charge in [0.2, 0.25) is 0 Å². The molecule has 1 aliphatic rings. The molecule has 0 amide bonds. The van der Waals surface area contributed by atoms with E-state index in [9.17, 15) is 0 Å². The highest BCUT2D eigenvalue weighted by molar-refractivity contribution is 6.86. The van der Waals surface area contributed by atoms with Crippen LogP contribution in [0.1, 0.15) is 22.3 Å². The topological polar surface area (TPSA) is 6.48 Å². The largest absolute Gasteiger partial charge is 0.355 e. The highest BCUT2D eigenvalue weighted by Crippen LogP contribution is 2.39. The minimum absolute atomic E-state index is 1.35. The van der Waals surface area contributed by atoms with Crippen LogP contribution in [0, 0.1) is 27.7 Å². The Morgan fingerprint density at radius 1 is 0.609 bits per heavy atom. The fraction of sp³-hybridized carbons (Fsp3) is 0.300. The second-order valence-electron chi connectivity index (χ2n) is 7.01. The zero-order chi connectivity index (χ0) is 16.8. The maximum atomic E-state index is 2.53. The molecule has 1 heterocycles. The molecule has 0 radical (unpaired) electrons. The molecule has 0 N–H and O–H groups in total. The number of benzene rings is 2. The van der Waals surface area contributed by atoms with E-state index < -0.39 is 8.40 Å². The Morgan fingerprint density at radius 3 is 1.22 bits per heavy atom. The monoisotopic (exact) mass is 322 g/mol. The minimum atomic E-state index is -1.85. The Kier molecular flexibility index (Phi) is 3.84. The number of para-hydroxylation sites is 2.